The summed E-state index contributed by atoms with van der Waals surface area (Å²) in [6.45, 7) is 6.92. The molecule has 3 aliphatic rings. The molecule has 116 valence electrons. The number of ether oxygens (including phenoxy) is 1. The Morgan fingerprint density at radius 1 is 1.15 bits per heavy atom. The molecule has 3 aliphatic heterocycles. The number of piperidine rings is 2. The summed E-state index contributed by atoms with van der Waals surface area (Å²) >= 11 is 0. The Balaban J connectivity index is 1.37. The molecule has 0 spiro atoms. The molecular formula is C17H32N2O. The van der Waals surface area contributed by atoms with Crippen molar-refractivity contribution in [1.82, 2.24) is 10.2 Å². The van der Waals surface area contributed by atoms with E-state index in [4.69, 9.17) is 4.74 Å². The van der Waals surface area contributed by atoms with Gasteiger partial charge >= 0.3 is 0 Å². The van der Waals surface area contributed by atoms with Crippen molar-refractivity contribution in [3.8, 4) is 0 Å². The van der Waals surface area contributed by atoms with Crippen LogP contribution in [0.2, 0.25) is 0 Å². The van der Waals surface area contributed by atoms with Gasteiger partial charge in [-0.3, -0.25) is 0 Å². The van der Waals surface area contributed by atoms with Gasteiger partial charge in [0.05, 0.1) is 6.10 Å². The Bertz CT molecular complexity index is 285. The number of likely N-dealkylation sites (tertiary alicyclic amines) is 1. The van der Waals surface area contributed by atoms with E-state index < -0.39 is 0 Å². The quantitative estimate of drug-likeness (QED) is 0.810. The molecule has 0 aliphatic carbocycles. The van der Waals surface area contributed by atoms with E-state index in [1.54, 1.807) is 0 Å². The first-order valence-electron chi connectivity index (χ1n) is 8.93. The predicted molar refractivity (Wildman–Crippen MR) is 83.0 cm³/mol. The van der Waals surface area contributed by atoms with Crippen LogP contribution >= 0.6 is 0 Å². The van der Waals surface area contributed by atoms with Crippen LogP contribution in [-0.4, -0.2) is 49.3 Å². The van der Waals surface area contributed by atoms with Gasteiger partial charge in [0, 0.05) is 25.2 Å². The molecule has 3 heteroatoms. The molecular weight excluding hydrogens is 248 g/mol. The highest BCUT2D eigenvalue weighted by Crippen LogP contribution is 2.32. The Morgan fingerprint density at radius 2 is 1.95 bits per heavy atom. The number of nitrogens with one attached hydrogen (secondary N) is 1. The van der Waals surface area contributed by atoms with Crippen LogP contribution < -0.4 is 5.32 Å². The average Bonchev–Trinajstić information content (AvgIpc) is 2.82. The van der Waals surface area contributed by atoms with E-state index in [1.165, 1.54) is 64.6 Å². The van der Waals surface area contributed by atoms with E-state index in [0.29, 0.717) is 6.10 Å². The summed E-state index contributed by atoms with van der Waals surface area (Å²) in [4.78, 5) is 2.66. The van der Waals surface area contributed by atoms with Crippen molar-refractivity contribution >= 4 is 0 Å². The van der Waals surface area contributed by atoms with E-state index in [1.807, 2.05) is 0 Å². The number of hydrogen-bond donors (Lipinski definition) is 1. The van der Waals surface area contributed by atoms with Crippen molar-refractivity contribution in [1.29, 1.82) is 0 Å². The summed E-state index contributed by atoms with van der Waals surface area (Å²) in [5.74, 6) is 0.977. The van der Waals surface area contributed by atoms with E-state index in [9.17, 15) is 0 Å². The normalized spacial score (nSPS) is 38.2. The van der Waals surface area contributed by atoms with Crippen LogP contribution in [0.1, 0.15) is 58.3 Å². The zero-order valence-electron chi connectivity index (χ0n) is 13.2. The van der Waals surface area contributed by atoms with Crippen molar-refractivity contribution < 1.29 is 4.74 Å². The minimum absolute atomic E-state index is 0.507. The summed E-state index contributed by atoms with van der Waals surface area (Å²) in [5, 5.41) is 3.75. The molecule has 0 aromatic rings. The predicted octanol–water partition coefficient (Wildman–Crippen LogP) is 2.80. The lowest BCUT2D eigenvalue weighted by atomic mass is 9.89. The van der Waals surface area contributed by atoms with Gasteiger partial charge < -0.3 is 15.0 Å². The van der Waals surface area contributed by atoms with E-state index >= 15 is 0 Å². The van der Waals surface area contributed by atoms with Crippen molar-refractivity contribution in [2.45, 2.75) is 76.5 Å². The molecule has 3 saturated heterocycles. The maximum atomic E-state index is 5.95. The second-order valence-corrected chi connectivity index (χ2v) is 7.20. The van der Waals surface area contributed by atoms with Crippen LogP contribution in [0.5, 0.6) is 0 Å². The number of hydrogen-bond acceptors (Lipinski definition) is 3. The summed E-state index contributed by atoms with van der Waals surface area (Å²) in [6.07, 6.45) is 11.4. The first-order valence-corrected chi connectivity index (χ1v) is 8.93. The topological polar surface area (TPSA) is 24.5 Å². The average molecular weight is 280 g/mol. The van der Waals surface area contributed by atoms with Gasteiger partial charge in [0.1, 0.15) is 0 Å². The van der Waals surface area contributed by atoms with E-state index in [0.717, 1.165) is 31.0 Å². The van der Waals surface area contributed by atoms with Crippen LogP contribution in [-0.2, 0) is 4.74 Å². The number of fused-ring (bicyclic) bond motifs is 2. The highest BCUT2D eigenvalue weighted by Gasteiger charge is 2.33. The van der Waals surface area contributed by atoms with Gasteiger partial charge in [-0.25, -0.2) is 0 Å². The van der Waals surface area contributed by atoms with E-state index in [2.05, 4.69) is 17.1 Å². The highest BCUT2D eigenvalue weighted by atomic mass is 16.5. The molecule has 3 fully saturated rings. The van der Waals surface area contributed by atoms with Gasteiger partial charge in [0.25, 0.3) is 0 Å². The van der Waals surface area contributed by atoms with Crippen LogP contribution in [0.3, 0.4) is 0 Å². The maximum absolute atomic E-state index is 5.95. The Kier molecular flexibility index (Phi) is 5.36. The summed E-state index contributed by atoms with van der Waals surface area (Å²) in [5.41, 5.74) is 0. The number of rotatable bonds is 6. The fraction of sp³-hybridized carbons (Fsp3) is 1.00. The van der Waals surface area contributed by atoms with E-state index in [-0.39, 0.29) is 0 Å². The Hall–Kier alpha value is -0.120. The third-order valence-electron chi connectivity index (χ3n) is 5.44. The molecule has 3 unspecified atom stereocenters. The SMILES string of the molecule is CCCOC1CCCN(CCC2CC3CCC(C2)N3)C1. The second kappa shape index (κ2) is 7.24. The molecule has 1 N–H and O–H groups in total. The molecule has 0 aromatic carbocycles. The van der Waals surface area contributed by atoms with Gasteiger partial charge in [-0.05, 0) is 70.4 Å². The van der Waals surface area contributed by atoms with Gasteiger partial charge in [0.2, 0.25) is 0 Å². The van der Waals surface area contributed by atoms with Crippen molar-refractivity contribution in [3.63, 3.8) is 0 Å². The molecule has 20 heavy (non-hydrogen) atoms. The summed E-state index contributed by atoms with van der Waals surface area (Å²) in [7, 11) is 0. The van der Waals surface area contributed by atoms with Crippen LogP contribution in [0.15, 0.2) is 0 Å². The smallest absolute Gasteiger partial charge is 0.0702 e. The Morgan fingerprint density at radius 3 is 2.70 bits per heavy atom. The van der Waals surface area contributed by atoms with Crippen LogP contribution in [0, 0.1) is 5.92 Å². The van der Waals surface area contributed by atoms with Gasteiger partial charge in [-0.1, -0.05) is 6.92 Å². The molecule has 3 atom stereocenters. The van der Waals surface area contributed by atoms with Crippen molar-refractivity contribution in [2.24, 2.45) is 5.92 Å². The van der Waals surface area contributed by atoms with Gasteiger partial charge in [-0.15, -0.1) is 0 Å². The molecule has 2 bridgehead atoms. The molecule has 3 nitrogen and oxygen atoms in total. The second-order valence-electron chi connectivity index (χ2n) is 7.20. The van der Waals surface area contributed by atoms with Gasteiger partial charge in [-0.2, -0.15) is 0 Å². The van der Waals surface area contributed by atoms with Crippen LogP contribution in [0.25, 0.3) is 0 Å². The standard InChI is InChI=1S/C17H32N2O/c1-2-10-20-17-4-3-8-19(13-17)9-7-14-11-15-5-6-16(12-14)18-15/h14-18H,2-13H2,1H3. The lowest BCUT2D eigenvalue weighted by Gasteiger charge is -2.35. The molecule has 3 heterocycles. The fourth-order valence-corrected chi connectivity index (χ4v) is 4.41. The monoisotopic (exact) mass is 280 g/mol. The molecule has 0 radical (unpaired) electrons. The molecule has 0 amide bonds. The third kappa shape index (κ3) is 3.96. The number of nitrogens with zero attached hydrogens (tertiary/aromatic N) is 1. The molecule has 3 rings (SSSR count). The molecule has 0 saturated carbocycles. The third-order valence-corrected chi connectivity index (χ3v) is 5.44. The largest absolute Gasteiger partial charge is 0.377 e. The molecule has 0 aromatic heterocycles. The summed E-state index contributed by atoms with van der Waals surface area (Å²) < 4.78 is 5.95. The van der Waals surface area contributed by atoms with Crippen molar-refractivity contribution in [2.75, 3.05) is 26.2 Å². The lowest BCUT2D eigenvalue weighted by Crippen LogP contribution is -2.42. The first kappa shape index (κ1) is 14.8. The Labute approximate surface area is 124 Å². The zero-order valence-corrected chi connectivity index (χ0v) is 13.2. The first-order chi connectivity index (χ1) is 9.83. The maximum Gasteiger partial charge on any atom is 0.0702 e. The zero-order chi connectivity index (χ0) is 13.8. The highest BCUT2D eigenvalue weighted by molar-refractivity contribution is 4.92. The summed E-state index contributed by atoms with van der Waals surface area (Å²) in [6, 6.07) is 1.70. The minimum atomic E-state index is 0.507. The van der Waals surface area contributed by atoms with Crippen LogP contribution in [0.4, 0.5) is 0 Å². The van der Waals surface area contributed by atoms with Gasteiger partial charge in [0.15, 0.2) is 0 Å². The van der Waals surface area contributed by atoms with Crippen molar-refractivity contribution in [3.05, 3.63) is 0 Å². The fourth-order valence-electron chi connectivity index (χ4n) is 4.41. The minimum Gasteiger partial charge on any atom is -0.377 e. The lowest BCUT2D eigenvalue weighted by molar-refractivity contribution is -0.00174.